The van der Waals surface area contributed by atoms with Crippen LogP contribution in [0.15, 0.2) is 42.5 Å². The molecule has 0 aliphatic carbocycles. The third-order valence-electron chi connectivity index (χ3n) is 5.44. The minimum atomic E-state index is -1.28. The molecule has 2 aromatic rings. The highest BCUT2D eigenvalue weighted by atomic mass is 35.5. The van der Waals surface area contributed by atoms with Gasteiger partial charge >= 0.3 is 6.03 Å². The van der Waals surface area contributed by atoms with E-state index in [1.54, 1.807) is 24.3 Å². The summed E-state index contributed by atoms with van der Waals surface area (Å²) in [5.41, 5.74) is -0.950. The largest absolute Gasteiger partial charge is 0.336 e. The summed E-state index contributed by atoms with van der Waals surface area (Å²) < 4.78 is 27.5. The monoisotopic (exact) mass is 433 g/mol. The molecule has 1 N–H and O–H groups in total. The molecule has 1 atom stereocenters. The maximum absolute atomic E-state index is 14.0. The quantitative estimate of drug-likeness (QED) is 0.755. The van der Waals surface area contributed by atoms with Crippen LogP contribution in [0.5, 0.6) is 0 Å². The highest BCUT2D eigenvalue weighted by Crippen LogP contribution is 2.30. The Morgan fingerprint density at radius 1 is 1.13 bits per heavy atom. The first-order valence-electron chi connectivity index (χ1n) is 9.42. The van der Waals surface area contributed by atoms with Gasteiger partial charge in [0.1, 0.15) is 17.2 Å². The molecule has 2 aromatic carbocycles. The number of carbonyl (C=O) groups excluding carboxylic acids is 3. The maximum Gasteiger partial charge on any atom is 0.325 e. The van der Waals surface area contributed by atoms with Crippen LogP contribution in [0, 0.1) is 11.6 Å². The normalized spacial score (nSPS) is 21.3. The lowest BCUT2D eigenvalue weighted by molar-refractivity contribution is -0.133. The van der Waals surface area contributed by atoms with E-state index in [9.17, 15) is 23.2 Å². The average Bonchev–Trinajstić information content (AvgIpc) is 2.94. The van der Waals surface area contributed by atoms with Gasteiger partial charge in [-0.15, -0.1) is 0 Å². The standard InChI is InChI=1S/C21H18ClF2N3O3/c22-14-4-2-13(3-5-14)11-27-19(29)21(25-20(27)30)8-1-9-26(12-21)18(28)16-10-15(23)6-7-17(16)24/h2-7,10H,1,8-9,11-12H2,(H,25,30)/t21-/m0/s1. The minimum absolute atomic E-state index is 0.0655. The number of urea groups is 1. The molecule has 1 spiro atoms. The van der Waals surface area contributed by atoms with Crippen LogP contribution in [0.25, 0.3) is 0 Å². The Hall–Kier alpha value is -3.00. The molecule has 2 saturated heterocycles. The van der Waals surface area contributed by atoms with E-state index in [0.717, 1.165) is 28.7 Å². The van der Waals surface area contributed by atoms with Crippen molar-refractivity contribution in [2.75, 3.05) is 13.1 Å². The van der Waals surface area contributed by atoms with Gasteiger partial charge < -0.3 is 10.2 Å². The van der Waals surface area contributed by atoms with Crippen molar-refractivity contribution in [1.29, 1.82) is 0 Å². The summed E-state index contributed by atoms with van der Waals surface area (Å²) >= 11 is 5.87. The Labute approximate surface area is 176 Å². The van der Waals surface area contributed by atoms with Gasteiger partial charge in [-0.1, -0.05) is 23.7 Å². The number of nitrogens with zero attached hydrogens (tertiary/aromatic N) is 2. The topological polar surface area (TPSA) is 69.7 Å². The van der Waals surface area contributed by atoms with Crippen molar-refractivity contribution in [3.05, 3.63) is 70.2 Å². The summed E-state index contributed by atoms with van der Waals surface area (Å²) in [6.07, 6.45) is 0.785. The summed E-state index contributed by atoms with van der Waals surface area (Å²) in [6.45, 7) is 0.233. The smallest absolute Gasteiger partial charge is 0.325 e. The molecule has 9 heteroatoms. The van der Waals surface area contributed by atoms with Crippen LogP contribution in [0.1, 0.15) is 28.8 Å². The van der Waals surface area contributed by atoms with E-state index in [-0.39, 0.29) is 19.6 Å². The first-order chi connectivity index (χ1) is 14.3. The zero-order valence-electron chi connectivity index (χ0n) is 15.8. The lowest BCUT2D eigenvalue weighted by Crippen LogP contribution is -2.59. The lowest BCUT2D eigenvalue weighted by Gasteiger charge is -2.38. The summed E-state index contributed by atoms with van der Waals surface area (Å²) in [7, 11) is 0. The van der Waals surface area contributed by atoms with Crippen LogP contribution in [0.3, 0.4) is 0 Å². The molecule has 4 amide bonds. The van der Waals surface area contributed by atoms with Crippen molar-refractivity contribution < 1.29 is 23.2 Å². The second-order valence-electron chi connectivity index (χ2n) is 7.48. The van der Waals surface area contributed by atoms with Gasteiger partial charge in [-0.25, -0.2) is 13.6 Å². The zero-order chi connectivity index (χ0) is 21.5. The molecule has 2 fully saturated rings. The fourth-order valence-electron chi connectivity index (χ4n) is 3.93. The number of hydrogen-bond acceptors (Lipinski definition) is 3. The molecule has 0 radical (unpaired) electrons. The molecule has 30 heavy (non-hydrogen) atoms. The van der Waals surface area contributed by atoms with Crippen LogP contribution in [-0.4, -0.2) is 46.3 Å². The van der Waals surface area contributed by atoms with Gasteiger partial charge in [0.2, 0.25) is 0 Å². The van der Waals surface area contributed by atoms with Crippen LogP contribution >= 0.6 is 11.6 Å². The Balaban J connectivity index is 1.54. The second-order valence-corrected chi connectivity index (χ2v) is 7.92. The molecule has 156 valence electrons. The van der Waals surface area contributed by atoms with Gasteiger partial charge in [0.05, 0.1) is 18.7 Å². The fourth-order valence-corrected chi connectivity index (χ4v) is 4.06. The molecular formula is C21H18ClF2N3O3. The predicted molar refractivity (Wildman–Crippen MR) is 105 cm³/mol. The summed E-state index contributed by atoms with van der Waals surface area (Å²) in [5, 5.41) is 3.25. The van der Waals surface area contributed by atoms with E-state index in [1.165, 1.54) is 4.90 Å². The number of likely N-dealkylation sites (tertiary alicyclic amines) is 1. The van der Waals surface area contributed by atoms with Crippen molar-refractivity contribution in [1.82, 2.24) is 15.1 Å². The van der Waals surface area contributed by atoms with E-state index >= 15 is 0 Å². The highest BCUT2D eigenvalue weighted by molar-refractivity contribution is 6.30. The number of rotatable bonds is 3. The van der Waals surface area contributed by atoms with Crippen LogP contribution in [0.4, 0.5) is 13.6 Å². The van der Waals surface area contributed by atoms with Crippen molar-refractivity contribution in [2.45, 2.75) is 24.9 Å². The number of carbonyl (C=O) groups is 3. The first kappa shape index (κ1) is 20.3. The van der Waals surface area contributed by atoms with Gasteiger partial charge in [-0.05, 0) is 48.7 Å². The van der Waals surface area contributed by atoms with Gasteiger partial charge in [0, 0.05) is 11.6 Å². The van der Waals surface area contributed by atoms with Crippen molar-refractivity contribution in [2.24, 2.45) is 0 Å². The van der Waals surface area contributed by atoms with Crippen LogP contribution in [0.2, 0.25) is 5.02 Å². The highest BCUT2D eigenvalue weighted by Gasteiger charge is 2.53. The van der Waals surface area contributed by atoms with Crippen LogP contribution < -0.4 is 5.32 Å². The summed E-state index contributed by atoms with van der Waals surface area (Å²) in [6, 6.07) is 8.87. The molecule has 4 rings (SSSR count). The number of piperidine rings is 1. The number of hydrogen-bond donors (Lipinski definition) is 1. The number of nitrogens with one attached hydrogen (secondary N) is 1. The van der Waals surface area contributed by atoms with E-state index in [1.807, 2.05) is 0 Å². The third kappa shape index (κ3) is 3.63. The van der Waals surface area contributed by atoms with Crippen molar-refractivity contribution in [3.63, 3.8) is 0 Å². The fraction of sp³-hybridized carbons (Fsp3) is 0.286. The molecule has 2 aliphatic rings. The van der Waals surface area contributed by atoms with E-state index in [0.29, 0.717) is 17.9 Å². The third-order valence-corrected chi connectivity index (χ3v) is 5.69. The first-order valence-corrected chi connectivity index (χ1v) is 9.80. The predicted octanol–water partition coefficient (Wildman–Crippen LogP) is 3.35. The second kappa shape index (κ2) is 7.68. The summed E-state index contributed by atoms with van der Waals surface area (Å²) in [4.78, 5) is 40.8. The molecule has 2 aliphatic heterocycles. The van der Waals surface area contributed by atoms with Crippen molar-refractivity contribution in [3.8, 4) is 0 Å². The molecule has 0 aromatic heterocycles. The van der Waals surface area contributed by atoms with Gasteiger partial charge in [0.15, 0.2) is 0 Å². The molecular weight excluding hydrogens is 416 g/mol. The number of amides is 4. The van der Waals surface area contributed by atoms with Gasteiger partial charge in [0.25, 0.3) is 11.8 Å². The van der Waals surface area contributed by atoms with Gasteiger partial charge in [-0.3, -0.25) is 14.5 Å². The van der Waals surface area contributed by atoms with Crippen molar-refractivity contribution >= 4 is 29.4 Å². The lowest BCUT2D eigenvalue weighted by atomic mass is 9.88. The maximum atomic E-state index is 14.0. The van der Waals surface area contributed by atoms with E-state index in [4.69, 9.17) is 11.6 Å². The minimum Gasteiger partial charge on any atom is -0.336 e. The Morgan fingerprint density at radius 2 is 1.87 bits per heavy atom. The Bertz CT molecular complexity index is 1030. The molecule has 0 unspecified atom stereocenters. The number of halogens is 3. The molecule has 2 heterocycles. The zero-order valence-corrected chi connectivity index (χ0v) is 16.6. The summed E-state index contributed by atoms with van der Waals surface area (Å²) in [5.74, 6) is -2.73. The molecule has 0 saturated carbocycles. The average molecular weight is 434 g/mol. The van der Waals surface area contributed by atoms with E-state index < -0.39 is 40.6 Å². The SMILES string of the molecule is O=C(c1cc(F)ccc1F)N1CCC[C@@]2(C1)NC(=O)N(Cc1ccc(Cl)cc1)C2=O. The van der Waals surface area contributed by atoms with E-state index in [2.05, 4.69) is 5.32 Å². The Morgan fingerprint density at radius 3 is 2.60 bits per heavy atom. The van der Waals surface area contributed by atoms with Crippen LogP contribution in [-0.2, 0) is 11.3 Å². The number of benzene rings is 2. The molecule has 0 bridgehead atoms. The Kier molecular flexibility index (Phi) is 5.19. The van der Waals surface area contributed by atoms with Gasteiger partial charge in [-0.2, -0.15) is 0 Å². The molecule has 6 nitrogen and oxygen atoms in total. The number of imide groups is 1.